The first-order chi connectivity index (χ1) is 5.81. The maximum atomic E-state index is 2.31. The van der Waals surface area contributed by atoms with Gasteiger partial charge in [-0.2, -0.15) is 22.8 Å². The predicted octanol–water partition coefficient (Wildman–Crippen LogP) is 4.22. The smallest absolute Gasteiger partial charge is 0.000736 e. The molecule has 1 aromatic rings. The van der Waals surface area contributed by atoms with Gasteiger partial charge in [-0.25, -0.2) is 11.8 Å². The van der Waals surface area contributed by atoms with E-state index in [0.29, 0.717) is 4.75 Å². The summed E-state index contributed by atoms with van der Waals surface area (Å²) in [6.07, 6.45) is 0. The molecule has 0 aromatic heterocycles. The van der Waals surface area contributed by atoms with Gasteiger partial charge < -0.3 is 0 Å². The fourth-order valence-electron chi connectivity index (χ4n) is 1.33. The van der Waals surface area contributed by atoms with E-state index in [1.807, 2.05) is 11.8 Å². The molecule has 0 fully saturated rings. The molecule has 0 heterocycles. The van der Waals surface area contributed by atoms with E-state index in [1.165, 1.54) is 21.6 Å². The van der Waals surface area contributed by atoms with Gasteiger partial charge in [0.25, 0.3) is 0 Å². The molecule has 13 heavy (non-hydrogen) atoms. The molecule has 0 saturated heterocycles. The monoisotopic (exact) mass is 195 g/mol. The van der Waals surface area contributed by atoms with E-state index >= 15 is 0 Å². The van der Waals surface area contributed by atoms with Crippen molar-refractivity contribution in [1.29, 1.82) is 0 Å². The van der Waals surface area contributed by atoms with E-state index in [1.54, 1.807) is 0 Å². The molecule has 0 N–H and O–H groups in total. The Morgan fingerprint density at radius 2 is 1.77 bits per heavy atom. The Balaban J connectivity index is 2.97. The van der Waals surface area contributed by atoms with Crippen molar-refractivity contribution >= 4 is 11.8 Å². The van der Waals surface area contributed by atoms with Gasteiger partial charge in [0.2, 0.25) is 0 Å². The van der Waals surface area contributed by atoms with Crippen LogP contribution >= 0.6 is 11.8 Å². The normalized spacial score (nSPS) is 12.2. The molecule has 0 aliphatic heterocycles. The van der Waals surface area contributed by atoms with Gasteiger partial charge >= 0.3 is 0 Å². The highest BCUT2D eigenvalue weighted by atomic mass is 32.2. The Labute approximate surface area is 86.1 Å². The molecular formula is C12H19S-. The van der Waals surface area contributed by atoms with E-state index in [0.717, 1.165) is 0 Å². The van der Waals surface area contributed by atoms with Crippen LogP contribution in [0.3, 0.4) is 0 Å². The molecule has 0 spiro atoms. The average molecular weight is 195 g/mol. The van der Waals surface area contributed by atoms with Crippen LogP contribution in [-0.2, 0) is 0 Å². The van der Waals surface area contributed by atoms with Gasteiger partial charge in [0.05, 0.1) is 0 Å². The third kappa shape index (κ3) is 2.57. The molecule has 1 heteroatoms. The van der Waals surface area contributed by atoms with Crippen LogP contribution in [0.15, 0.2) is 11.0 Å². The highest BCUT2D eigenvalue weighted by Gasteiger charge is 2.09. The average Bonchev–Trinajstić information content (AvgIpc) is 2.15. The highest BCUT2D eigenvalue weighted by Crippen LogP contribution is 2.37. The Morgan fingerprint density at radius 3 is 2.08 bits per heavy atom. The summed E-state index contributed by atoms with van der Waals surface area (Å²) >= 11 is 1.96. The first kappa shape index (κ1) is 10.8. The molecular weight excluding hydrogens is 176 g/mol. The van der Waals surface area contributed by atoms with Crippen molar-refractivity contribution in [3.63, 3.8) is 0 Å². The third-order valence-electron chi connectivity index (χ3n) is 2.29. The van der Waals surface area contributed by atoms with Crippen LogP contribution in [0.5, 0.6) is 0 Å². The topological polar surface area (TPSA) is 0 Å². The lowest BCUT2D eigenvalue weighted by Crippen LogP contribution is -2.06. The standard InChI is InChI=1S/C12H19S/c1-8-7-11(10(3)9(8)2)13-12(4,5)6/h7H,1-6H3/q-1. The minimum atomic E-state index is 0.317. The summed E-state index contributed by atoms with van der Waals surface area (Å²) in [6.45, 7) is 13.4. The van der Waals surface area contributed by atoms with Crippen LogP contribution in [-0.4, -0.2) is 4.75 Å². The second-order valence-electron chi connectivity index (χ2n) is 4.66. The first-order valence-electron chi connectivity index (χ1n) is 4.74. The summed E-state index contributed by atoms with van der Waals surface area (Å²) in [5, 5.41) is 0. The van der Waals surface area contributed by atoms with Crippen molar-refractivity contribution < 1.29 is 0 Å². The number of aryl methyl sites for hydroxylation is 1. The highest BCUT2D eigenvalue weighted by molar-refractivity contribution is 8.00. The zero-order valence-electron chi connectivity index (χ0n) is 9.49. The number of hydrogen-bond acceptors (Lipinski definition) is 1. The predicted molar refractivity (Wildman–Crippen MR) is 61.9 cm³/mol. The fraction of sp³-hybridized carbons (Fsp3) is 0.583. The Morgan fingerprint density at radius 1 is 1.23 bits per heavy atom. The molecule has 1 aromatic carbocycles. The van der Waals surface area contributed by atoms with Gasteiger partial charge in [0.15, 0.2) is 0 Å². The number of rotatable bonds is 1. The van der Waals surface area contributed by atoms with Crippen molar-refractivity contribution in [3.8, 4) is 0 Å². The summed E-state index contributed by atoms with van der Waals surface area (Å²) in [4.78, 5) is 1.45. The van der Waals surface area contributed by atoms with Crippen LogP contribution in [0.1, 0.15) is 37.5 Å². The van der Waals surface area contributed by atoms with Gasteiger partial charge in [-0.05, 0) is 4.75 Å². The SMILES string of the molecule is Cc1c(SC(C)(C)C)c[c-](C)c1C. The largest absolute Gasteiger partial charge is 0.201 e. The first-order valence-corrected chi connectivity index (χ1v) is 5.55. The molecule has 0 bridgehead atoms. The molecule has 0 unspecified atom stereocenters. The van der Waals surface area contributed by atoms with E-state index in [4.69, 9.17) is 0 Å². The van der Waals surface area contributed by atoms with Gasteiger partial charge in [-0.3, -0.25) is 0 Å². The summed E-state index contributed by atoms with van der Waals surface area (Å²) in [7, 11) is 0. The van der Waals surface area contributed by atoms with Crippen LogP contribution in [0.2, 0.25) is 0 Å². The Hall–Kier alpha value is -0.300. The minimum Gasteiger partial charge on any atom is -0.201 e. The molecule has 1 rings (SSSR count). The molecule has 74 valence electrons. The second-order valence-corrected chi connectivity index (χ2v) is 6.52. The van der Waals surface area contributed by atoms with Crippen molar-refractivity contribution in [2.75, 3.05) is 0 Å². The van der Waals surface area contributed by atoms with Crippen molar-refractivity contribution in [2.45, 2.75) is 51.2 Å². The number of hydrogen-bond donors (Lipinski definition) is 0. The zero-order valence-corrected chi connectivity index (χ0v) is 10.3. The molecule has 0 nitrogen and oxygen atoms in total. The second kappa shape index (κ2) is 3.45. The van der Waals surface area contributed by atoms with E-state index in [9.17, 15) is 0 Å². The van der Waals surface area contributed by atoms with Crippen LogP contribution < -0.4 is 0 Å². The van der Waals surface area contributed by atoms with Crippen LogP contribution in [0.25, 0.3) is 0 Å². The third-order valence-corrected chi connectivity index (χ3v) is 3.54. The molecule has 0 aliphatic rings. The van der Waals surface area contributed by atoms with Crippen LogP contribution in [0.4, 0.5) is 0 Å². The van der Waals surface area contributed by atoms with Crippen LogP contribution in [0, 0.1) is 20.8 Å². The lowest BCUT2D eigenvalue weighted by molar-refractivity contribution is 0.802. The van der Waals surface area contributed by atoms with E-state index in [-0.39, 0.29) is 0 Å². The fourth-order valence-corrected chi connectivity index (χ4v) is 2.53. The Bertz CT molecular complexity index is 300. The van der Waals surface area contributed by atoms with Gasteiger partial charge in [0.1, 0.15) is 0 Å². The quantitative estimate of drug-likeness (QED) is 0.477. The Kier molecular flexibility index (Phi) is 2.86. The van der Waals surface area contributed by atoms with E-state index < -0.39 is 0 Å². The molecule has 0 amide bonds. The maximum Gasteiger partial charge on any atom is -0.000736 e. The summed E-state index contributed by atoms with van der Waals surface area (Å²) in [6, 6.07) is 2.31. The zero-order chi connectivity index (χ0) is 10.2. The van der Waals surface area contributed by atoms with Gasteiger partial charge in [-0.15, -0.1) is 4.90 Å². The van der Waals surface area contributed by atoms with Gasteiger partial charge in [0, 0.05) is 0 Å². The van der Waals surface area contributed by atoms with Gasteiger partial charge in [-0.1, -0.05) is 41.5 Å². The van der Waals surface area contributed by atoms with Crippen molar-refractivity contribution in [2.24, 2.45) is 0 Å². The summed E-state index contributed by atoms with van der Waals surface area (Å²) in [5.41, 5.74) is 4.33. The molecule has 0 saturated carbocycles. The molecule has 0 atom stereocenters. The van der Waals surface area contributed by atoms with E-state index in [2.05, 4.69) is 47.6 Å². The molecule has 0 aliphatic carbocycles. The molecule has 0 radical (unpaired) electrons. The van der Waals surface area contributed by atoms with Crippen molar-refractivity contribution in [1.82, 2.24) is 0 Å². The van der Waals surface area contributed by atoms with Crippen molar-refractivity contribution in [3.05, 3.63) is 22.8 Å². The maximum absolute atomic E-state index is 2.31. The summed E-state index contributed by atoms with van der Waals surface area (Å²) in [5.74, 6) is 0. The lowest BCUT2D eigenvalue weighted by atomic mass is 10.2. The minimum absolute atomic E-state index is 0.317. The lowest BCUT2D eigenvalue weighted by Gasteiger charge is -2.23. The summed E-state index contributed by atoms with van der Waals surface area (Å²) < 4.78 is 0.317. The number of thioether (sulfide) groups is 1.